The number of carbonyl (C=O) groups excluding carboxylic acids is 1. The summed E-state index contributed by atoms with van der Waals surface area (Å²) in [7, 11) is 1.86. The lowest BCUT2D eigenvalue weighted by Crippen LogP contribution is -2.44. The smallest absolute Gasteiger partial charge is 0.314 e. The van der Waals surface area contributed by atoms with Crippen LogP contribution >= 0.6 is 0 Å². The molecular formula is C19H27N5O. The van der Waals surface area contributed by atoms with Crippen LogP contribution in [-0.4, -0.2) is 33.9 Å². The summed E-state index contributed by atoms with van der Waals surface area (Å²) in [4.78, 5) is 16.3. The largest absolute Gasteiger partial charge is 0.338 e. The Hall–Kier alpha value is -2.37. The Kier molecular flexibility index (Phi) is 5.36. The second kappa shape index (κ2) is 7.68. The highest BCUT2D eigenvalue weighted by atomic mass is 16.2. The van der Waals surface area contributed by atoms with Gasteiger partial charge in [-0.2, -0.15) is 5.10 Å². The standard InChI is InChI=1S/C19H27N5O/c1-15-6-5-7-16(12-15)19(9-3-4-10-19)13-21-18(25)20-11-8-17-22-14-23-24(17)2/h5-7,12,14H,3-4,8-11,13H2,1-2H3,(H2,20,21,25). The van der Waals surface area contributed by atoms with Crippen molar-refractivity contribution in [3.8, 4) is 0 Å². The van der Waals surface area contributed by atoms with Crippen molar-refractivity contribution in [3.63, 3.8) is 0 Å². The predicted octanol–water partition coefficient (Wildman–Crippen LogP) is 2.48. The van der Waals surface area contributed by atoms with E-state index in [0.29, 0.717) is 19.5 Å². The first-order valence-corrected chi connectivity index (χ1v) is 9.01. The third-order valence-corrected chi connectivity index (χ3v) is 5.22. The summed E-state index contributed by atoms with van der Waals surface area (Å²) in [5.74, 6) is 0.868. The molecule has 2 amide bonds. The fourth-order valence-electron chi connectivity index (χ4n) is 3.74. The first-order chi connectivity index (χ1) is 12.1. The summed E-state index contributed by atoms with van der Waals surface area (Å²) in [6.07, 6.45) is 6.92. The number of benzene rings is 1. The van der Waals surface area contributed by atoms with E-state index in [0.717, 1.165) is 18.7 Å². The topological polar surface area (TPSA) is 71.8 Å². The van der Waals surface area contributed by atoms with E-state index in [4.69, 9.17) is 0 Å². The molecule has 1 aromatic heterocycles. The summed E-state index contributed by atoms with van der Waals surface area (Å²) >= 11 is 0. The zero-order valence-electron chi connectivity index (χ0n) is 15.1. The zero-order chi connectivity index (χ0) is 17.7. The van der Waals surface area contributed by atoms with Crippen molar-refractivity contribution in [1.82, 2.24) is 25.4 Å². The molecule has 1 aliphatic carbocycles. The normalized spacial score (nSPS) is 15.9. The van der Waals surface area contributed by atoms with E-state index in [1.807, 2.05) is 7.05 Å². The van der Waals surface area contributed by atoms with Gasteiger partial charge in [-0.15, -0.1) is 0 Å². The van der Waals surface area contributed by atoms with Gasteiger partial charge in [0.15, 0.2) is 0 Å². The minimum absolute atomic E-state index is 0.0763. The number of amides is 2. The molecule has 2 aromatic rings. The molecule has 1 saturated carbocycles. The molecule has 25 heavy (non-hydrogen) atoms. The second-order valence-corrected chi connectivity index (χ2v) is 7.02. The van der Waals surface area contributed by atoms with Crippen LogP contribution in [0.2, 0.25) is 0 Å². The average Bonchev–Trinajstić information content (AvgIpc) is 3.23. The zero-order valence-corrected chi connectivity index (χ0v) is 15.1. The maximum Gasteiger partial charge on any atom is 0.314 e. The van der Waals surface area contributed by atoms with E-state index >= 15 is 0 Å². The number of hydrogen-bond acceptors (Lipinski definition) is 3. The highest BCUT2D eigenvalue weighted by molar-refractivity contribution is 5.74. The Bertz CT molecular complexity index is 718. The Morgan fingerprint density at radius 1 is 1.28 bits per heavy atom. The molecule has 0 spiro atoms. The Labute approximate surface area is 149 Å². The lowest BCUT2D eigenvalue weighted by molar-refractivity contribution is 0.237. The molecule has 3 rings (SSSR count). The van der Waals surface area contributed by atoms with Gasteiger partial charge in [0, 0.05) is 32.0 Å². The Balaban J connectivity index is 1.53. The molecule has 0 radical (unpaired) electrons. The van der Waals surface area contributed by atoms with E-state index in [2.05, 4.69) is 51.9 Å². The van der Waals surface area contributed by atoms with Crippen LogP contribution in [0.1, 0.15) is 42.6 Å². The quantitative estimate of drug-likeness (QED) is 0.848. The van der Waals surface area contributed by atoms with Crippen LogP contribution in [-0.2, 0) is 18.9 Å². The van der Waals surface area contributed by atoms with Crippen molar-refractivity contribution < 1.29 is 4.79 Å². The SMILES string of the molecule is Cc1cccc(C2(CNC(=O)NCCc3ncnn3C)CCCC2)c1. The summed E-state index contributed by atoms with van der Waals surface area (Å²) in [6, 6.07) is 8.59. The van der Waals surface area contributed by atoms with Gasteiger partial charge in [-0.25, -0.2) is 9.78 Å². The van der Waals surface area contributed by atoms with Gasteiger partial charge in [0.2, 0.25) is 0 Å². The van der Waals surface area contributed by atoms with Crippen molar-refractivity contribution in [3.05, 3.63) is 47.5 Å². The van der Waals surface area contributed by atoms with E-state index in [1.165, 1.54) is 30.3 Å². The minimum atomic E-state index is -0.110. The fourth-order valence-corrected chi connectivity index (χ4v) is 3.74. The number of aryl methyl sites for hydroxylation is 2. The Morgan fingerprint density at radius 2 is 2.08 bits per heavy atom. The molecule has 1 fully saturated rings. The monoisotopic (exact) mass is 341 g/mol. The van der Waals surface area contributed by atoms with Crippen LogP contribution in [0, 0.1) is 6.92 Å². The van der Waals surface area contributed by atoms with Crippen molar-refractivity contribution in [2.75, 3.05) is 13.1 Å². The van der Waals surface area contributed by atoms with Gasteiger partial charge in [-0.05, 0) is 25.3 Å². The van der Waals surface area contributed by atoms with Gasteiger partial charge in [-0.1, -0.05) is 42.7 Å². The van der Waals surface area contributed by atoms with Crippen LogP contribution in [0.5, 0.6) is 0 Å². The second-order valence-electron chi connectivity index (χ2n) is 7.02. The van der Waals surface area contributed by atoms with Gasteiger partial charge in [-0.3, -0.25) is 4.68 Å². The molecule has 2 N–H and O–H groups in total. The lowest BCUT2D eigenvalue weighted by Gasteiger charge is -2.30. The highest BCUT2D eigenvalue weighted by Crippen LogP contribution is 2.40. The molecule has 1 aromatic carbocycles. The molecule has 6 heteroatoms. The van der Waals surface area contributed by atoms with Crippen LogP contribution in [0.25, 0.3) is 0 Å². The van der Waals surface area contributed by atoms with Gasteiger partial charge in [0.05, 0.1) is 0 Å². The highest BCUT2D eigenvalue weighted by Gasteiger charge is 2.35. The molecule has 134 valence electrons. The van der Waals surface area contributed by atoms with E-state index in [1.54, 1.807) is 4.68 Å². The first kappa shape index (κ1) is 17.5. The van der Waals surface area contributed by atoms with Crippen molar-refractivity contribution in [1.29, 1.82) is 0 Å². The van der Waals surface area contributed by atoms with Gasteiger partial charge in [0.25, 0.3) is 0 Å². The average molecular weight is 341 g/mol. The Morgan fingerprint density at radius 3 is 2.76 bits per heavy atom. The number of aromatic nitrogens is 3. The van der Waals surface area contributed by atoms with E-state index < -0.39 is 0 Å². The maximum atomic E-state index is 12.2. The molecule has 0 atom stereocenters. The molecule has 1 heterocycles. The number of urea groups is 1. The third-order valence-electron chi connectivity index (χ3n) is 5.22. The molecule has 1 aliphatic rings. The molecule has 0 aliphatic heterocycles. The minimum Gasteiger partial charge on any atom is -0.338 e. The van der Waals surface area contributed by atoms with Gasteiger partial charge >= 0.3 is 6.03 Å². The van der Waals surface area contributed by atoms with Crippen LogP contribution in [0.15, 0.2) is 30.6 Å². The molecule has 6 nitrogen and oxygen atoms in total. The van der Waals surface area contributed by atoms with Crippen LogP contribution in [0.4, 0.5) is 4.79 Å². The number of rotatable bonds is 6. The summed E-state index contributed by atoms with van der Waals surface area (Å²) < 4.78 is 1.73. The number of nitrogens with zero attached hydrogens (tertiary/aromatic N) is 3. The number of hydrogen-bond donors (Lipinski definition) is 2. The molecule has 0 bridgehead atoms. The fraction of sp³-hybridized carbons (Fsp3) is 0.526. The molecular weight excluding hydrogens is 314 g/mol. The van der Waals surface area contributed by atoms with Crippen molar-refractivity contribution >= 4 is 6.03 Å². The van der Waals surface area contributed by atoms with E-state index in [9.17, 15) is 4.79 Å². The third kappa shape index (κ3) is 4.18. The first-order valence-electron chi connectivity index (χ1n) is 9.01. The number of nitrogens with one attached hydrogen (secondary N) is 2. The summed E-state index contributed by atoms with van der Waals surface area (Å²) in [5.41, 5.74) is 2.70. The van der Waals surface area contributed by atoms with Crippen LogP contribution < -0.4 is 10.6 Å². The summed E-state index contributed by atoms with van der Waals surface area (Å²) in [6.45, 7) is 3.36. The van der Waals surface area contributed by atoms with Crippen molar-refractivity contribution in [2.45, 2.75) is 44.4 Å². The summed E-state index contributed by atoms with van der Waals surface area (Å²) in [5, 5.41) is 10.0. The van der Waals surface area contributed by atoms with Gasteiger partial charge in [0.1, 0.15) is 12.2 Å². The van der Waals surface area contributed by atoms with Crippen LogP contribution in [0.3, 0.4) is 0 Å². The predicted molar refractivity (Wildman–Crippen MR) is 97.4 cm³/mol. The maximum absolute atomic E-state index is 12.2. The lowest BCUT2D eigenvalue weighted by atomic mass is 9.78. The van der Waals surface area contributed by atoms with Crippen molar-refractivity contribution in [2.24, 2.45) is 7.05 Å². The number of carbonyl (C=O) groups is 1. The molecule has 0 saturated heterocycles. The molecule has 0 unspecified atom stereocenters. The van der Waals surface area contributed by atoms with Gasteiger partial charge < -0.3 is 10.6 Å². The van der Waals surface area contributed by atoms with E-state index in [-0.39, 0.29) is 11.4 Å².